The highest BCUT2D eigenvalue weighted by molar-refractivity contribution is 7.11. The molecule has 0 saturated carbocycles. The van der Waals surface area contributed by atoms with E-state index in [4.69, 9.17) is 0 Å². The Morgan fingerprint density at radius 3 is 2.79 bits per heavy atom. The van der Waals surface area contributed by atoms with Crippen LogP contribution in [-0.4, -0.2) is 12.0 Å². The molecule has 0 aliphatic heterocycles. The first-order valence-corrected chi connectivity index (χ1v) is 6.14. The molecule has 0 saturated heterocycles. The molecule has 1 aromatic rings. The molecule has 0 aliphatic carbocycles. The van der Waals surface area contributed by atoms with Crippen LogP contribution in [-0.2, 0) is 6.42 Å². The van der Waals surface area contributed by atoms with Gasteiger partial charge in [0.1, 0.15) is 0 Å². The first-order valence-electron chi connectivity index (χ1n) is 5.32. The van der Waals surface area contributed by atoms with Crippen molar-refractivity contribution >= 4 is 11.3 Å². The van der Waals surface area contributed by atoms with Crippen LogP contribution in [0.5, 0.6) is 0 Å². The largest absolute Gasteiger partial charge is 0.312 e. The number of rotatable bonds is 5. The highest BCUT2D eigenvalue weighted by Gasteiger charge is 2.11. The van der Waals surface area contributed by atoms with Crippen molar-refractivity contribution in [2.75, 3.05) is 7.05 Å². The lowest BCUT2D eigenvalue weighted by Crippen LogP contribution is -2.11. The molecule has 80 valence electrons. The first-order chi connectivity index (χ1) is 6.69. The number of hydrogen-bond donors (Lipinski definition) is 1. The lowest BCUT2D eigenvalue weighted by molar-refractivity contribution is 0.658. The van der Waals surface area contributed by atoms with Gasteiger partial charge >= 0.3 is 0 Å². The third-order valence-electron chi connectivity index (χ3n) is 2.45. The van der Waals surface area contributed by atoms with E-state index in [1.165, 1.54) is 28.4 Å². The lowest BCUT2D eigenvalue weighted by atomic mass is 10.2. The van der Waals surface area contributed by atoms with E-state index >= 15 is 0 Å². The molecular weight excluding hydrogens is 192 g/mol. The minimum absolute atomic E-state index is 0.433. The predicted molar refractivity (Wildman–Crippen MR) is 62.9 cm³/mol. The SMILES string of the molecule is CCCCc1nc(C)c(C(C)NC)s1. The van der Waals surface area contributed by atoms with E-state index in [9.17, 15) is 0 Å². The maximum Gasteiger partial charge on any atom is 0.0931 e. The average Bonchev–Trinajstić information content (AvgIpc) is 2.55. The highest BCUT2D eigenvalue weighted by atomic mass is 32.1. The Balaban J connectivity index is 2.71. The summed E-state index contributed by atoms with van der Waals surface area (Å²) in [4.78, 5) is 5.98. The van der Waals surface area contributed by atoms with Gasteiger partial charge in [0.25, 0.3) is 0 Å². The maximum absolute atomic E-state index is 4.60. The Labute approximate surface area is 90.8 Å². The second-order valence-corrected chi connectivity index (χ2v) is 4.79. The van der Waals surface area contributed by atoms with Gasteiger partial charge in [-0.2, -0.15) is 0 Å². The first kappa shape index (κ1) is 11.7. The number of unbranched alkanes of at least 4 members (excludes halogenated alkanes) is 1. The molecule has 0 amide bonds. The Bertz CT molecular complexity index is 281. The van der Waals surface area contributed by atoms with Gasteiger partial charge in [-0.15, -0.1) is 11.3 Å². The Hall–Kier alpha value is -0.410. The molecular formula is C11H20N2S. The number of nitrogens with one attached hydrogen (secondary N) is 1. The Morgan fingerprint density at radius 1 is 1.50 bits per heavy atom. The maximum atomic E-state index is 4.60. The summed E-state index contributed by atoms with van der Waals surface area (Å²) in [7, 11) is 2.00. The average molecular weight is 212 g/mol. The van der Waals surface area contributed by atoms with Crippen molar-refractivity contribution in [1.29, 1.82) is 0 Å². The summed E-state index contributed by atoms with van der Waals surface area (Å²) in [6.07, 6.45) is 3.63. The molecule has 0 spiro atoms. The zero-order valence-electron chi connectivity index (χ0n) is 9.55. The van der Waals surface area contributed by atoms with Gasteiger partial charge < -0.3 is 5.32 Å². The van der Waals surface area contributed by atoms with Crippen LogP contribution in [0.2, 0.25) is 0 Å². The second kappa shape index (κ2) is 5.47. The minimum Gasteiger partial charge on any atom is -0.312 e. The summed E-state index contributed by atoms with van der Waals surface area (Å²) in [5.41, 5.74) is 1.20. The van der Waals surface area contributed by atoms with Crippen molar-refractivity contribution in [2.45, 2.75) is 46.1 Å². The zero-order valence-corrected chi connectivity index (χ0v) is 10.4. The van der Waals surface area contributed by atoms with E-state index < -0.39 is 0 Å². The van der Waals surface area contributed by atoms with Crippen LogP contribution in [0.15, 0.2) is 0 Å². The van der Waals surface area contributed by atoms with E-state index in [0.29, 0.717) is 6.04 Å². The van der Waals surface area contributed by atoms with Gasteiger partial charge in [0, 0.05) is 10.9 Å². The van der Waals surface area contributed by atoms with Crippen molar-refractivity contribution in [3.63, 3.8) is 0 Å². The van der Waals surface area contributed by atoms with E-state index in [-0.39, 0.29) is 0 Å². The number of hydrogen-bond acceptors (Lipinski definition) is 3. The molecule has 1 rings (SSSR count). The van der Waals surface area contributed by atoms with Gasteiger partial charge in [0.15, 0.2) is 0 Å². The monoisotopic (exact) mass is 212 g/mol. The standard InChI is InChI=1S/C11H20N2S/c1-5-6-7-10-13-9(3)11(14-10)8(2)12-4/h8,12H,5-7H2,1-4H3. The third-order valence-corrected chi connectivity index (χ3v) is 3.85. The van der Waals surface area contributed by atoms with Crippen LogP contribution in [0.3, 0.4) is 0 Å². The summed E-state index contributed by atoms with van der Waals surface area (Å²) in [6, 6.07) is 0.433. The molecule has 1 N–H and O–H groups in total. The quantitative estimate of drug-likeness (QED) is 0.811. The Kier molecular flexibility index (Phi) is 4.55. The Morgan fingerprint density at radius 2 is 2.21 bits per heavy atom. The van der Waals surface area contributed by atoms with E-state index in [0.717, 1.165) is 6.42 Å². The zero-order chi connectivity index (χ0) is 10.6. The molecule has 0 aliphatic rings. The fourth-order valence-corrected chi connectivity index (χ4v) is 2.60. The van der Waals surface area contributed by atoms with Crippen LogP contribution in [0.1, 0.15) is 48.3 Å². The minimum atomic E-state index is 0.433. The number of aryl methyl sites for hydroxylation is 2. The van der Waals surface area contributed by atoms with Crippen LogP contribution < -0.4 is 5.32 Å². The molecule has 1 unspecified atom stereocenters. The summed E-state index contributed by atoms with van der Waals surface area (Å²) >= 11 is 1.86. The van der Waals surface area contributed by atoms with Gasteiger partial charge in [-0.05, 0) is 33.7 Å². The van der Waals surface area contributed by atoms with E-state index in [1.54, 1.807) is 0 Å². The number of thiazole rings is 1. The molecule has 0 fully saturated rings. The summed E-state index contributed by atoms with van der Waals surface area (Å²) in [5, 5.41) is 4.55. The predicted octanol–water partition coefficient (Wildman–Crippen LogP) is 3.07. The van der Waals surface area contributed by atoms with Crippen molar-refractivity contribution in [3.8, 4) is 0 Å². The van der Waals surface area contributed by atoms with Crippen LogP contribution in [0, 0.1) is 6.92 Å². The van der Waals surface area contributed by atoms with Gasteiger partial charge in [0.2, 0.25) is 0 Å². The van der Waals surface area contributed by atoms with E-state index in [2.05, 4.69) is 31.1 Å². The van der Waals surface area contributed by atoms with Crippen molar-refractivity contribution < 1.29 is 0 Å². The molecule has 2 nitrogen and oxygen atoms in total. The number of nitrogens with zero attached hydrogens (tertiary/aromatic N) is 1. The van der Waals surface area contributed by atoms with Crippen LogP contribution in [0.4, 0.5) is 0 Å². The lowest BCUT2D eigenvalue weighted by Gasteiger charge is -2.06. The van der Waals surface area contributed by atoms with Crippen LogP contribution in [0.25, 0.3) is 0 Å². The second-order valence-electron chi connectivity index (χ2n) is 3.67. The topological polar surface area (TPSA) is 24.9 Å². The molecule has 0 bridgehead atoms. The highest BCUT2D eigenvalue weighted by Crippen LogP contribution is 2.25. The molecule has 0 radical (unpaired) electrons. The third kappa shape index (κ3) is 2.79. The molecule has 3 heteroatoms. The van der Waals surface area contributed by atoms with Gasteiger partial charge in [0.05, 0.1) is 10.7 Å². The van der Waals surface area contributed by atoms with Crippen LogP contribution >= 0.6 is 11.3 Å². The molecule has 1 aromatic heterocycles. The van der Waals surface area contributed by atoms with Crippen molar-refractivity contribution in [1.82, 2.24) is 10.3 Å². The normalized spacial score (nSPS) is 13.1. The van der Waals surface area contributed by atoms with E-state index in [1.807, 2.05) is 18.4 Å². The fourth-order valence-electron chi connectivity index (χ4n) is 1.43. The van der Waals surface area contributed by atoms with Gasteiger partial charge in [-0.1, -0.05) is 13.3 Å². The molecule has 0 aromatic carbocycles. The summed E-state index contributed by atoms with van der Waals surface area (Å²) in [5.74, 6) is 0. The molecule has 1 atom stereocenters. The molecule has 14 heavy (non-hydrogen) atoms. The van der Waals surface area contributed by atoms with Crippen molar-refractivity contribution in [3.05, 3.63) is 15.6 Å². The summed E-state index contributed by atoms with van der Waals surface area (Å²) < 4.78 is 0. The summed E-state index contributed by atoms with van der Waals surface area (Å²) in [6.45, 7) is 6.51. The smallest absolute Gasteiger partial charge is 0.0931 e. The molecule has 1 heterocycles. The van der Waals surface area contributed by atoms with Gasteiger partial charge in [-0.25, -0.2) is 4.98 Å². The fraction of sp³-hybridized carbons (Fsp3) is 0.727. The van der Waals surface area contributed by atoms with Gasteiger partial charge in [-0.3, -0.25) is 0 Å². The number of aromatic nitrogens is 1. The van der Waals surface area contributed by atoms with Crippen molar-refractivity contribution in [2.24, 2.45) is 0 Å².